The lowest BCUT2D eigenvalue weighted by Gasteiger charge is -2.37. The SMILES string of the molecule is Cc1cccc(C2(C(=O)N3CCN(c4ccc([N+](=O)[O-])cn4)CC3)CC2)c1. The van der Waals surface area contributed by atoms with Gasteiger partial charge in [-0.15, -0.1) is 0 Å². The van der Waals surface area contributed by atoms with E-state index in [1.807, 2.05) is 11.0 Å². The average Bonchev–Trinajstić information content (AvgIpc) is 3.50. The van der Waals surface area contributed by atoms with Gasteiger partial charge in [-0.3, -0.25) is 14.9 Å². The summed E-state index contributed by atoms with van der Waals surface area (Å²) in [6, 6.07) is 11.4. The first kappa shape index (κ1) is 17.5. The molecule has 1 aliphatic carbocycles. The molecule has 0 unspecified atom stereocenters. The van der Waals surface area contributed by atoms with Crippen LogP contribution >= 0.6 is 0 Å². The smallest absolute Gasteiger partial charge is 0.287 e. The summed E-state index contributed by atoms with van der Waals surface area (Å²) in [6.07, 6.45) is 3.11. The van der Waals surface area contributed by atoms with E-state index in [9.17, 15) is 14.9 Å². The number of piperazine rings is 1. The van der Waals surface area contributed by atoms with Crippen LogP contribution in [-0.2, 0) is 10.2 Å². The van der Waals surface area contributed by atoms with Crippen LogP contribution in [0.25, 0.3) is 0 Å². The van der Waals surface area contributed by atoms with Crippen LogP contribution in [0, 0.1) is 17.0 Å². The van der Waals surface area contributed by atoms with Crippen molar-refractivity contribution in [2.75, 3.05) is 31.1 Å². The number of anilines is 1. The Balaban J connectivity index is 1.42. The highest BCUT2D eigenvalue weighted by Crippen LogP contribution is 2.49. The predicted molar refractivity (Wildman–Crippen MR) is 102 cm³/mol. The summed E-state index contributed by atoms with van der Waals surface area (Å²) in [6.45, 7) is 4.71. The number of nitrogens with zero attached hydrogens (tertiary/aromatic N) is 4. The Kier molecular flexibility index (Phi) is 4.30. The third-order valence-corrected chi connectivity index (χ3v) is 5.56. The molecule has 1 aromatic carbocycles. The number of rotatable bonds is 4. The number of pyridine rings is 1. The maximum Gasteiger partial charge on any atom is 0.287 e. The monoisotopic (exact) mass is 366 g/mol. The van der Waals surface area contributed by atoms with Gasteiger partial charge in [0.1, 0.15) is 12.0 Å². The molecule has 0 N–H and O–H groups in total. The molecule has 7 heteroatoms. The van der Waals surface area contributed by atoms with Gasteiger partial charge in [0, 0.05) is 32.2 Å². The van der Waals surface area contributed by atoms with Crippen molar-refractivity contribution in [1.29, 1.82) is 0 Å². The second kappa shape index (κ2) is 6.64. The second-order valence-electron chi connectivity index (χ2n) is 7.36. The zero-order valence-corrected chi connectivity index (χ0v) is 15.3. The van der Waals surface area contributed by atoms with Gasteiger partial charge in [0.2, 0.25) is 5.91 Å². The molecular formula is C20H22N4O3. The largest absolute Gasteiger partial charge is 0.353 e. The minimum Gasteiger partial charge on any atom is -0.353 e. The van der Waals surface area contributed by atoms with E-state index >= 15 is 0 Å². The molecule has 0 atom stereocenters. The number of carbonyl (C=O) groups is 1. The summed E-state index contributed by atoms with van der Waals surface area (Å²) in [5, 5.41) is 10.8. The van der Waals surface area contributed by atoms with Crippen molar-refractivity contribution in [3.05, 3.63) is 63.8 Å². The summed E-state index contributed by atoms with van der Waals surface area (Å²) < 4.78 is 0. The summed E-state index contributed by atoms with van der Waals surface area (Å²) >= 11 is 0. The molecule has 140 valence electrons. The third kappa shape index (κ3) is 3.25. The maximum absolute atomic E-state index is 13.2. The molecular weight excluding hydrogens is 344 g/mol. The number of amides is 1. The van der Waals surface area contributed by atoms with Crippen molar-refractivity contribution in [2.24, 2.45) is 0 Å². The van der Waals surface area contributed by atoms with Gasteiger partial charge in [0.25, 0.3) is 5.69 Å². The lowest BCUT2D eigenvalue weighted by atomic mass is 9.92. The van der Waals surface area contributed by atoms with Crippen LogP contribution in [0.4, 0.5) is 11.5 Å². The van der Waals surface area contributed by atoms with E-state index in [4.69, 9.17) is 0 Å². The van der Waals surface area contributed by atoms with Gasteiger partial charge >= 0.3 is 0 Å². The Morgan fingerprint density at radius 3 is 2.44 bits per heavy atom. The van der Waals surface area contributed by atoms with Gasteiger partial charge in [0.15, 0.2) is 0 Å². The zero-order chi connectivity index (χ0) is 19.0. The van der Waals surface area contributed by atoms with E-state index in [-0.39, 0.29) is 17.0 Å². The van der Waals surface area contributed by atoms with E-state index in [0.717, 1.165) is 18.4 Å². The van der Waals surface area contributed by atoms with Gasteiger partial charge in [-0.1, -0.05) is 29.8 Å². The Hall–Kier alpha value is -2.96. The molecule has 27 heavy (non-hydrogen) atoms. The lowest BCUT2D eigenvalue weighted by molar-refractivity contribution is -0.385. The van der Waals surface area contributed by atoms with Crippen molar-refractivity contribution < 1.29 is 9.72 Å². The molecule has 1 amide bonds. The Morgan fingerprint density at radius 1 is 1.15 bits per heavy atom. The standard InChI is InChI=1S/C20H22N4O3/c1-15-3-2-4-16(13-15)20(7-8-20)19(25)23-11-9-22(10-12-23)18-6-5-17(14-21-18)24(26)27/h2-6,13-14H,7-12H2,1H3. The number of carbonyl (C=O) groups excluding carboxylic acids is 1. The van der Waals surface area contributed by atoms with Crippen molar-refractivity contribution in [3.8, 4) is 0 Å². The third-order valence-electron chi connectivity index (χ3n) is 5.56. The minimum absolute atomic E-state index is 0.0126. The fraction of sp³-hybridized carbons (Fsp3) is 0.400. The number of aromatic nitrogens is 1. The van der Waals surface area contributed by atoms with Gasteiger partial charge in [-0.2, -0.15) is 0 Å². The Labute approximate surface area is 157 Å². The van der Waals surface area contributed by atoms with Gasteiger partial charge in [-0.25, -0.2) is 4.98 Å². The molecule has 0 spiro atoms. The molecule has 1 aliphatic heterocycles. The fourth-order valence-electron chi connectivity index (χ4n) is 3.81. The molecule has 2 fully saturated rings. The molecule has 0 radical (unpaired) electrons. The van der Waals surface area contributed by atoms with E-state index in [2.05, 4.69) is 35.0 Å². The maximum atomic E-state index is 13.2. The van der Waals surface area contributed by atoms with Crippen molar-refractivity contribution in [2.45, 2.75) is 25.2 Å². The van der Waals surface area contributed by atoms with Crippen LogP contribution in [-0.4, -0.2) is 46.9 Å². The molecule has 7 nitrogen and oxygen atoms in total. The van der Waals surface area contributed by atoms with Crippen LogP contribution in [0.15, 0.2) is 42.6 Å². The second-order valence-corrected chi connectivity index (χ2v) is 7.36. The molecule has 1 saturated heterocycles. The van der Waals surface area contributed by atoms with Gasteiger partial charge in [0.05, 0.1) is 10.3 Å². The van der Waals surface area contributed by atoms with Crippen LogP contribution in [0.5, 0.6) is 0 Å². The molecule has 2 aliphatic rings. The molecule has 1 saturated carbocycles. The van der Waals surface area contributed by atoms with Gasteiger partial charge < -0.3 is 9.80 Å². The van der Waals surface area contributed by atoms with Crippen LogP contribution in [0.1, 0.15) is 24.0 Å². The van der Waals surface area contributed by atoms with E-state index < -0.39 is 4.92 Å². The predicted octanol–water partition coefficient (Wildman–Crippen LogP) is 2.68. The lowest BCUT2D eigenvalue weighted by Crippen LogP contribution is -2.51. The highest BCUT2D eigenvalue weighted by Gasteiger charge is 2.53. The Bertz CT molecular complexity index is 869. The van der Waals surface area contributed by atoms with Gasteiger partial charge in [-0.05, 0) is 31.4 Å². The van der Waals surface area contributed by atoms with Crippen molar-refractivity contribution in [1.82, 2.24) is 9.88 Å². The van der Waals surface area contributed by atoms with Crippen LogP contribution in [0.2, 0.25) is 0 Å². The number of nitro groups is 1. The highest BCUT2D eigenvalue weighted by atomic mass is 16.6. The normalized spacial score (nSPS) is 18.3. The highest BCUT2D eigenvalue weighted by molar-refractivity contribution is 5.91. The first-order valence-corrected chi connectivity index (χ1v) is 9.21. The quantitative estimate of drug-likeness (QED) is 0.614. The van der Waals surface area contributed by atoms with Crippen LogP contribution < -0.4 is 4.90 Å². The van der Waals surface area contributed by atoms with E-state index in [0.29, 0.717) is 32.0 Å². The van der Waals surface area contributed by atoms with E-state index in [1.54, 1.807) is 6.07 Å². The molecule has 2 aromatic rings. The number of benzene rings is 1. The molecule has 2 heterocycles. The first-order chi connectivity index (χ1) is 13.0. The fourth-order valence-corrected chi connectivity index (χ4v) is 3.81. The summed E-state index contributed by atoms with van der Waals surface area (Å²) in [5.74, 6) is 0.942. The van der Waals surface area contributed by atoms with Crippen molar-refractivity contribution >= 4 is 17.4 Å². The van der Waals surface area contributed by atoms with Crippen molar-refractivity contribution in [3.63, 3.8) is 0 Å². The molecule has 0 bridgehead atoms. The first-order valence-electron chi connectivity index (χ1n) is 9.21. The average molecular weight is 366 g/mol. The summed E-state index contributed by atoms with van der Waals surface area (Å²) in [5.41, 5.74) is 1.97. The number of hydrogen-bond acceptors (Lipinski definition) is 5. The van der Waals surface area contributed by atoms with E-state index in [1.165, 1.54) is 17.8 Å². The molecule has 4 rings (SSSR count). The topological polar surface area (TPSA) is 79.6 Å². The number of hydrogen-bond donors (Lipinski definition) is 0. The van der Waals surface area contributed by atoms with Crippen LogP contribution in [0.3, 0.4) is 0 Å². The molecule has 1 aromatic heterocycles. The zero-order valence-electron chi connectivity index (χ0n) is 15.3. The Morgan fingerprint density at radius 2 is 1.89 bits per heavy atom. The summed E-state index contributed by atoms with van der Waals surface area (Å²) in [4.78, 5) is 31.7. The number of aryl methyl sites for hydroxylation is 1. The minimum atomic E-state index is -0.451. The summed E-state index contributed by atoms with van der Waals surface area (Å²) in [7, 11) is 0.